The highest BCUT2D eigenvalue weighted by atomic mass is 16.5. The highest BCUT2D eigenvalue weighted by Gasteiger charge is 2.16. The fourth-order valence-corrected chi connectivity index (χ4v) is 1.86. The summed E-state index contributed by atoms with van der Waals surface area (Å²) in [6.07, 6.45) is 3.26. The lowest BCUT2D eigenvalue weighted by Crippen LogP contribution is -2.33. The van der Waals surface area contributed by atoms with Crippen LogP contribution in [0.5, 0.6) is 0 Å². The van der Waals surface area contributed by atoms with Crippen molar-refractivity contribution < 1.29 is 9.53 Å². The van der Waals surface area contributed by atoms with Crippen molar-refractivity contribution in [1.82, 2.24) is 5.32 Å². The van der Waals surface area contributed by atoms with E-state index in [0.29, 0.717) is 6.04 Å². The van der Waals surface area contributed by atoms with Crippen molar-refractivity contribution >= 4 is 5.97 Å². The van der Waals surface area contributed by atoms with E-state index in [-0.39, 0.29) is 11.9 Å². The topological polar surface area (TPSA) is 38.3 Å². The van der Waals surface area contributed by atoms with Gasteiger partial charge in [0, 0.05) is 6.04 Å². The van der Waals surface area contributed by atoms with Crippen LogP contribution in [0.4, 0.5) is 0 Å². The number of hydrogen-bond donors (Lipinski definition) is 1. The monoisotopic (exact) mass is 229 g/mol. The molecule has 0 radical (unpaired) electrons. The summed E-state index contributed by atoms with van der Waals surface area (Å²) in [5.74, 6) is 0.612. The minimum atomic E-state index is -0.115. The molecule has 0 heterocycles. The van der Waals surface area contributed by atoms with Crippen molar-refractivity contribution in [3.63, 3.8) is 0 Å². The summed E-state index contributed by atoms with van der Waals surface area (Å²) >= 11 is 0. The van der Waals surface area contributed by atoms with E-state index in [4.69, 9.17) is 4.74 Å². The van der Waals surface area contributed by atoms with Gasteiger partial charge in [-0.1, -0.05) is 33.6 Å². The van der Waals surface area contributed by atoms with Crippen LogP contribution in [0.2, 0.25) is 0 Å². The number of nitrogens with one attached hydrogen (secondary N) is 1. The van der Waals surface area contributed by atoms with E-state index in [2.05, 4.69) is 26.1 Å². The highest BCUT2D eigenvalue weighted by molar-refractivity contribution is 5.71. The molecule has 0 saturated heterocycles. The Balaban J connectivity index is 3.81. The summed E-state index contributed by atoms with van der Waals surface area (Å²) in [4.78, 5) is 11.2. The molecule has 0 aromatic heterocycles. The molecular formula is C13H27NO2. The Morgan fingerprint density at radius 3 is 2.25 bits per heavy atom. The van der Waals surface area contributed by atoms with Gasteiger partial charge >= 0.3 is 5.97 Å². The van der Waals surface area contributed by atoms with E-state index in [1.165, 1.54) is 20.0 Å². The van der Waals surface area contributed by atoms with Gasteiger partial charge in [-0.3, -0.25) is 4.79 Å². The highest BCUT2D eigenvalue weighted by Crippen LogP contribution is 2.10. The van der Waals surface area contributed by atoms with Crippen LogP contribution in [0.3, 0.4) is 0 Å². The summed E-state index contributed by atoms with van der Waals surface area (Å²) in [6, 6.07) is 0.370. The van der Waals surface area contributed by atoms with Gasteiger partial charge in [-0.05, 0) is 25.8 Å². The van der Waals surface area contributed by atoms with E-state index in [9.17, 15) is 4.79 Å². The average Bonchev–Trinajstić information content (AvgIpc) is 2.29. The van der Waals surface area contributed by atoms with Crippen molar-refractivity contribution in [1.29, 1.82) is 0 Å². The molecule has 2 unspecified atom stereocenters. The molecule has 3 nitrogen and oxygen atoms in total. The Morgan fingerprint density at radius 1 is 1.25 bits per heavy atom. The van der Waals surface area contributed by atoms with Gasteiger partial charge in [0.15, 0.2) is 0 Å². The maximum absolute atomic E-state index is 11.2. The maximum Gasteiger partial charge on any atom is 0.308 e. The second-order valence-corrected chi connectivity index (χ2v) is 4.65. The molecule has 0 aliphatic heterocycles. The standard InChI is InChI=1S/C13H27NO2/c1-6-12(7-2)9-14-11(4)8-10(3)13(15)16-5/h10-12,14H,6-9H2,1-5H3. The van der Waals surface area contributed by atoms with Crippen molar-refractivity contribution in [2.75, 3.05) is 13.7 Å². The van der Waals surface area contributed by atoms with Crippen molar-refractivity contribution in [2.45, 2.75) is 53.0 Å². The van der Waals surface area contributed by atoms with Crippen LogP contribution >= 0.6 is 0 Å². The van der Waals surface area contributed by atoms with Crippen molar-refractivity contribution in [2.24, 2.45) is 11.8 Å². The molecule has 16 heavy (non-hydrogen) atoms. The number of ether oxygens (including phenoxy) is 1. The van der Waals surface area contributed by atoms with Crippen molar-refractivity contribution in [3.8, 4) is 0 Å². The molecule has 0 aliphatic carbocycles. The lowest BCUT2D eigenvalue weighted by Gasteiger charge is -2.20. The molecular weight excluding hydrogens is 202 g/mol. The number of rotatable bonds is 8. The molecule has 0 aliphatic rings. The Bertz CT molecular complexity index is 190. The molecule has 0 fully saturated rings. The zero-order valence-corrected chi connectivity index (χ0v) is 11.4. The van der Waals surface area contributed by atoms with E-state index >= 15 is 0 Å². The summed E-state index contributed by atoms with van der Waals surface area (Å²) in [7, 11) is 1.45. The normalized spacial score (nSPS) is 14.9. The minimum Gasteiger partial charge on any atom is -0.469 e. The predicted octanol–water partition coefficient (Wildman–Crippen LogP) is 2.60. The van der Waals surface area contributed by atoms with Crippen LogP contribution in [0.25, 0.3) is 0 Å². The molecule has 0 saturated carbocycles. The molecule has 0 amide bonds. The lowest BCUT2D eigenvalue weighted by molar-refractivity contribution is -0.145. The third-order valence-corrected chi connectivity index (χ3v) is 3.22. The largest absolute Gasteiger partial charge is 0.469 e. The van der Waals surface area contributed by atoms with Gasteiger partial charge < -0.3 is 10.1 Å². The molecule has 0 rings (SSSR count). The molecule has 0 aromatic carbocycles. The Hall–Kier alpha value is -0.570. The number of hydrogen-bond acceptors (Lipinski definition) is 3. The molecule has 3 heteroatoms. The fraction of sp³-hybridized carbons (Fsp3) is 0.923. The average molecular weight is 229 g/mol. The second-order valence-electron chi connectivity index (χ2n) is 4.65. The van der Waals surface area contributed by atoms with Gasteiger partial charge in [0.2, 0.25) is 0 Å². The number of carbonyl (C=O) groups excluding carboxylic acids is 1. The Labute approximate surface area is 99.9 Å². The molecule has 0 bridgehead atoms. The Kier molecular flexibility index (Phi) is 8.26. The first-order valence-electron chi connectivity index (χ1n) is 6.36. The molecule has 0 aromatic rings. The maximum atomic E-state index is 11.2. The first kappa shape index (κ1) is 15.4. The van der Waals surface area contributed by atoms with E-state index in [1.807, 2.05) is 6.92 Å². The van der Waals surface area contributed by atoms with Crippen LogP contribution in [-0.4, -0.2) is 25.7 Å². The Morgan fingerprint density at radius 2 is 1.81 bits per heavy atom. The fourth-order valence-electron chi connectivity index (χ4n) is 1.86. The number of esters is 1. The van der Waals surface area contributed by atoms with E-state index in [1.54, 1.807) is 0 Å². The summed E-state index contributed by atoms with van der Waals surface area (Å²) in [6.45, 7) is 9.53. The molecule has 96 valence electrons. The molecule has 0 spiro atoms. The third kappa shape index (κ3) is 6.11. The van der Waals surface area contributed by atoms with Gasteiger partial charge in [-0.25, -0.2) is 0 Å². The minimum absolute atomic E-state index is 0.0193. The molecule has 1 N–H and O–H groups in total. The van der Waals surface area contributed by atoms with Crippen LogP contribution in [0, 0.1) is 11.8 Å². The van der Waals surface area contributed by atoms with Gasteiger partial charge in [0.25, 0.3) is 0 Å². The third-order valence-electron chi connectivity index (χ3n) is 3.22. The van der Waals surface area contributed by atoms with Crippen LogP contribution in [-0.2, 0) is 9.53 Å². The summed E-state index contributed by atoms with van der Waals surface area (Å²) in [5.41, 5.74) is 0. The van der Waals surface area contributed by atoms with E-state index < -0.39 is 0 Å². The van der Waals surface area contributed by atoms with E-state index in [0.717, 1.165) is 18.9 Å². The zero-order valence-electron chi connectivity index (χ0n) is 11.4. The first-order valence-corrected chi connectivity index (χ1v) is 6.36. The van der Waals surface area contributed by atoms with Gasteiger partial charge in [0.1, 0.15) is 0 Å². The molecule has 2 atom stereocenters. The van der Waals surface area contributed by atoms with Crippen LogP contribution in [0.1, 0.15) is 47.0 Å². The summed E-state index contributed by atoms with van der Waals surface area (Å²) in [5, 5.41) is 3.49. The van der Waals surface area contributed by atoms with Crippen molar-refractivity contribution in [3.05, 3.63) is 0 Å². The first-order chi connectivity index (χ1) is 7.54. The smallest absolute Gasteiger partial charge is 0.308 e. The van der Waals surface area contributed by atoms with Crippen LogP contribution in [0.15, 0.2) is 0 Å². The second kappa shape index (κ2) is 8.57. The van der Waals surface area contributed by atoms with Gasteiger partial charge in [-0.2, -0.15) is 0 Å². The zero-order chi connectivity index (χ0) is 12.6. The predicted molar refractivity (Wildman–Crippen MR) is 67.3 cm³/mol. The summed E-state index contributed by atoms with van der Waals surface area (Å²) < 4.78 is 4.71. The quantitative estimate of drug-likeness (QED) is 0.650. The van der Waals surface area contributed by atoms with Gasteiger partial charge in [-0.15, -0.1) is 0 Å². The number of methoxy groups -OCH3 is 1. The van der Waals surface area contributed by atoms with Gasteiger partial charge in [0.05, 0.1) is 13.0 Å². The number of carbonyl (C=O) groups is 1. The van der Waals surface area contributed by atoms with Crippen LogP contribution < -0.4 is 5.32 Å². The lowest BCUT2D eigenvalue weighted by atomic mass is 10.0. The SMILES string of the molecule is CCC(CC)CNC(C)CC(C)C(=O)OC.